The van der Waals surface area contributed by atoms with E-state index >= 15 is 0 Å². The second-order valence-corrected chi connectivity index (χ2v) is 6.02. The van der Waals surface area contributed by atoms with Crippen molar-refractivity contribution in [1.29, 1.82) is 0 Å². The van der Waals surface area contributed by atoms with Gasteiger partial charge in [-0.1, -0.05) is 6.92 Å². The Morgan fingerprint density at radius 3 is 2.30 bits per heavy atom. The average molecular weight is 318 g/mol. The first kappa shape index (κ1) is 17.6. The number of nitrogens with one attached hydrogen (secondary N) is 1. The monoisotopic (exact) mass is 318 g/mol. The Labute approximate surface area is 140 Å². The minimum atomic E-state index is 0.0134. The first-order chi connectivity index (χ1) is 11.1. The molecule has 5 nitrogen and oxygen atoms in total. The zero-order valence-corrected chi connectivity index (χ0v) is 14.9. The third kappa shape index (κ3) is 4.38. The maximum atomic E-state index is 12.4. The van der Waals surface area contributed by atoms with E-state index in [1.165, 1.54) is 5.69 Å². The van der Waals surface area contributed by atoms with E-state index in [0.717, 1.165) is 57.1 Å². The van der Waals surface area contributed by atoms with Gasteiger partial charge in [-0.25, -0.2) is 4.79 Å². The molecule has 0 bridgehead atoms. The molecule has 128 valence electrons. The Morgan fingerprint density at radius 2 is 1.78 bits per heavy atom. The van der Waals surface area contributed by atoms with Crippen LogP contribution >= 0.6 is 0 Å². The first-order valence-corrected chi connectivity index (χ1v) is 8.72. The van der Waals surface area contributed by atoms with Crippen LogP contribution in [0.25, 0.3) is 0 Å². The number of rotatable bonds is 5. The lowest BCUT2D eigenvalue weighted by Crippen LogP contribution is -2.49. The van der Waals surface area contributed by atoms with Gasteiger partial charge in [0.25, 0.3) is 0 Å². The fraction of sp³-hybridized carbons (Fsp3) is 0.611. The fourth-order valence-corrected chi connectivity index (χ4v) is 3.04. The van der Waals surface area contributed by atoms with Crippen LogP contribution in [0, 0.1) is 6.92 Å². The number of nitrogens with zero attached hydrogens (tertiary/aromatic N) is 3. The minimum absolute atomic E-state index is 0.0134. The molecule has 1 heterocycles. The normalized spacial score (nSPS) is 15.6. The van der Waals surface area contributed by atoms with E-state index in [1.807, 2.05) is 11.0 Å². The van der Waals surface area contributed by atoms with E-state index < -0.39 is 0 Å². The van der Waals surface area contributed by atoms with Gasteiger partial charge in [0.2, 0.25) is 0 Å². The van der Waals surface area contributed by atoms with Gasteiger partial charge >= 0.3 is 6.03 Å². The second kappa shape index (κ2) is 8.20. The predicted molar refractivity (Wildman–Crippen MR) is 97.4 cm³/mol. The van der Waals surface area contributed by atoms with Crippen LogP contribution in [0.1, 0.15) is 26.3 Å². The maximum Gasteiger partial charge on any atom is 0.321 e. The Morgan fingerprint density at radius 1 is 1.13 bits per heavy atom. The van der Waals surface area contributed by atoms with Gasteiger partial charge in [0.15, 0.2) is 0 Å². The zero-order valence-electron chi connectivity index (χ0n) is 14.9. The molecular formula is C18H30N4O. The van der Waals surface area contributed by atoms with Gasteiger partial charge in [0.1, 0.15) is 0 Å². The number of hydrogen-bond donors (Lipinski definition) is 1. The van der Waals surface area contributed by atoms with Crippen molar-refractivity contribution < 1.29 is 4.79 Å². The van der Waals surface area contributed by atoms with Crippen molar-refractivity contribution in [2.24, 2.45) is 0 Å². The highest BCUT2D eigenvalue weighted by Gasteiger charge is 2.20. The molecule has 1 fully saturated rings. The van der Waals surface area contributed by atoms with E-state index in [9.17, 15) is 4.79 Å². The molecule has 0 saturated carbocycles. The molecule has 2 amide bonds. The Bertz CT molecular complexity index is 520. The fourth-order valence-electron chi connectivity index (χ4n) is 3.04. The second-order valence-electron chi connectivity index (χ2n) is 6.02. The summed E-state index contributed by atoms with van der Waals surface area (Å²) in [4.78, 5) is 19.0. The van der Waals surface area contributed by atoms with Crippen molar-refractivity contribution in [3.63, 3.8) is 0 Å². The summed E-state index contributed by atoms with van der Waals surface area (Å²) < 4.78 is 0. The molecule has 1 saturated heterocycles. The topological polar surface area (TPSA) is 38.8 Å². The third-order valence-electron chi connectivity index (χ3n) is 4.69. The zero-order chi connectivity index (χ0) is 16.8. The van der Waals surface area contributed by atoms with Gasteiger partial charge < -0.3 is 20.0 Å². The number of piperazine rings is 1. The number of urea groups is 1. The molecule has 0 unspecified atom stereocenters. The molecule has 23 heavy (non-hydrogen) atoms. The molecule has 1 aliphatic heterocycles. The highest BCUT2D eigenvalue weighted by atomic mass is 16.2. The number of likely N-dealkylation sites (N-methyl/N-ethyl adjacent to an activating group) is 1. The van der Waals surface area contributed by atoms with Crippen LogP contribution in [-0.4, -0.2) is 61.6 Å². The lowest BCUT2D eigenvalue weighted by atomic mass is 10.1. The quantitative estimate of drug-likeness (QED) is 0.907. The lowest BCUT2D eigenvalue weighted by molar-refractivity contribution is 0.151. The molecule has 0 aromatic heterocycles. The van der Waals surface area contributed by atoms with E-state index in [2.05, 4.69) is 54.9 Å². The van der Waals surface area contributed by atoms with E-state index in [0.29, 0.717) is 0 Å². The Kier molecular flexibility index (Phi) is 6.28. The summed E-state index contributed by atoms with van der Waals surface area (Å²) >= 11 is 0. The van der Waals surface area contributed by atoms with Crippen molar-refractivity contribution in [2.75, 3.05) is 56.0 Å². The number of aryl methyl sites for hydroxylation is 1. The van der Waals surface area contributed by atoms with Crippen molar-refractivity contribution in [2.45, 2.75) is 27.7 Å². The molecule has 1 N–H and O–H groups in total. The van der Waals surface area contributed by atoms with Gasteiger partial charge in [0.05, 0.1) is 0 Å². The Hall–Kier alpha value is -1.75. The van der Waals surface area contributed by atoms with Gasteiger partial charge in [0, 0.05) is 50.6 Å². The molecule has 1 aromatic carbocycles. The smallest absolute Gasteiger partial charge is 0.321 e. The Balaban J connectivity index is 1.98. The number of carbonyl (C=O) groups excluding carboxylic acids is 1. The number of anilines is 2. The number of benzene rings is 1. The van der Waals surface area contributed by atoms with Crippen molar-refractivity contribution in [1.82, 2.24) is 9.80 Å². The summed E-state index contributed by atoms with van der Waals surface area (Å²) in [7, 11) is 0. The molecule has 1 aromatic rings. The van der Waals surface area contributed by atoms with Gasteiger partial charge in [-0.15, -0.1) is 0 Å². The van der Waals surface area contributed by atoms with Crippen LogP contribution in [0.3, 0.4) is 0 Å². The summed E-state index contributed by atoms with van der Waals surface area (Å²) in [6, 6.07) is 6.27. The van der Waals surface area contributed by atoms with Gasteiger partial charge in [-0.2, -0.15) is 0 Å². The summed E-state index contributed by atoms with van der Waals surface area (Å²) in [6.07, 6.45) is 0. The summed E-state index contributed by atoms with van der Waals surface area (Å²) in [5, 5.41) is 3.06. The predicted octanol–water partition coefficient (Wildman–Crippen LogP) is 3.01. The van der Waals surface area contributed by atoms with Crippen LogP contribution in [0.15, 0.2) is 18.2 Å². The molecule has 0 aliphatic carbocycles. The summed E-state index contributed by atoms with van der Waals surface area (Å²) in [6.45, 7) is 15.1. The molecule has 0 spiro atoms. The summed E-state index contributed by atoms with van der Waals surface area (Å²) in [5.41, 5.74) is 3.22. The van der Waals surface area contributed by atoms with E-state index in [-0.39, 0.29) is 6.03 Å². The first-order valence-electron chi connectivity index (χ1n) is 8.72. The van der Waals surface area contributed by atoms with Gasteiger partial charge in [-0.05, 0) is 51.1 Å². The molecular weight excluding hydrogens is 288 g/mol. The minimum Gasteiger partial charge on any atom is -0.372 e. The molecule has 5 heteroatoms. The van der Waals surface area contributed by atoms with Crippen molar-refractivity contribution >= 4 is 17.4 Å². The van der Waals surface area contributed by atoms with Crippen LogP contribution in [-0.2, 0) is 0 Å². The molecule has 1 aliphatic rings. The van der Waals surface area contributed by atoms with Crippen LogP contribution in [0.5, 0.6) is 0 Å². The van der Waals surface area contributed by atoms with E-state index in [1.54, 1.807) is 0 Å². The van der Waals surface area contributed by atoms with Gasteiger partial charge in [-0.3, -0.25) is 0 Å². The number of amides is 2. The number of carbonyl (C=O) groups is 1. The number of hydrogen-bond acceptors (Lipinski definition) is 3. The highest BCUT2D eigenvalue weighted by molar-refractivity contribution is 5.90. The standard InChI is InChI=1S/C18H30N4O/c1-5-20-10-12-22(13-11-20)18(23)19-17-9-8-16(14-15(17)4)21(6-2)7-3/h8-9,14H,5-7,10-13H2,1-4H3,(H,19,23). The van der Waals surface area contributed by atoms with Crippen LogP contribution in [0.4, 0.5) is 16.2 Å². The van der Waals surface area contributed by atoms with E-state index in [4.69, 9.17) is 0 Å². The van der Waals surface area contributed by atoms with Crippen LogP contribution < -0.4 is 10.2 Å². The molecule has 2 rings (SSSR count). The maximum absolute atomic E-state index is 12.4. The van der Waals surface area contributed by atoms with Crippen molar-refractivity contribution in [3.05, 3.63) is 23.8 Å². The lowest BCUT2D eigenvalue weighted by Gasteiger charge is -2.34. The average Bonchev–Trinajstić information content (AvgIpc) is 2.58. The SMILES string of the molecule is CCN1CCN(C(=O)Nc2ccc(N(CC)CC)cc2C)CC1. The highest BCUT2D eigenvalue weighted by Crippen LogP contribution is 2.23. The van der Waals surface area contributed by atoms with Crippen LogP contribution in [0.2, 0.25) is 0 Å². The molecule has 0 radical (unpaired) electrons. The largest absolute Gasteiger partial charge is 0.372 e. The third-order valence-corrected chi connectivity index (χ3v) is 4.69. The van der Waals surface area contributed by atoms with Crippen molar-refractivity contribution in [3.8, 4) is 0 Å². The summed E-state index contributed by atoms with van der Waals surface area (Å²) in [5.74, 6) is 0. The molecule has 0 atom stereocenters.